The molecule has 1 saturated heterocycles. The Morgan fingerprint density at radius 1 is 1.06 bits per heavy atom. The number of ether oxygens (including phenoxy) is 1. The summed E-state index contributed by atoms with van der Waals surface area (Å²) in [4.78, 5) is 22.5. The molecule has 2 aromatic carbocycles. The van der Waals surface area contributed by atoms with Crippen molar-refractivity contribution >= 4 is 11.7 Å². The lowest BCUT2D eigenvalue weighted by molar-refractivity contribution is 0.0493. The zero-order chi connectivity index (χ0) is 21.9. The molecule has 0 bridgehead atoms. The Kier molecular flexibility index (Phi) is 5.25. The van der Waals surface area contributed by atoms with Gasteiger partial charge in [-0.15, -0.1) is 0 Å². The Balaban J connectivity index is 1.14. The minimum atomic E-state index is -0.118. The summed E-state index contributed by atoms with van der Waals surface area (Å²) in [5.74, 6) is 1.68. The fourth-order valence-corrected chi connectivity index (χ4v) is 3.43. The summed E-state index contributed by atoms with van der Waals surface area (Å²) in [6.07, 6.45) is 3.32. The molecule has 1 aliphatic heterocycles. The van der Waals surface area contributed by atoms with E-state index >= 15 is 0 Å². The van der Waals surface area contributed by atoms with Crippen molar-refractivity contribution in [3.05, 3.63) is 78.6 Å². The molecule has 0 spiro atoms. The van der Waals surface area contributed by atoms with Crippen LogP contribution in [0, 0.1) is 6.92 Å². The van der Waals surface area contributed by atoms with Crippen molar-refractivity contribution in [2.75, 3.05) is 18.4 Å². The van der Waals surface area contributed by atoms with Gasteiger partial charge in [0.2, 0.25) is 5.82 Å². The molecule has 0 aliphatic carbocycles. The highest BCUT2D eigenvalue weighted by molar-refractivity contribution is 5.90. The van der Waals surface area contributed by atoms with Gasteiger partial charge in [-0.05, 0) is 61.0 Å². The van der Waals surface area contributed by atoms with Gasteiger partial charge < -0.3 is 19.5 Å². The fraction of sp³-hybridized carbons (Fsp3) is 0.167. The van der Waals surface area contributed by atoms with Gasteiger partial charge in [0.05, 0.1) is 13.1 Å². The predicted molar refractivity (Wildman–Crippen MR) is 119 cm³/mol. The van der Waals surface area contributed by atoms with Crippen molar-refractivity contribution in [2.24, 2.45) is 0 Å². The first-order chi connectivity index (χ1) is 15.6. The van der Waals surface area contributed by atoms with Crippen LogP contribution in [-0.2, 0) is 0 Å². The summed E-state index contributed by atoms with van der Waals surface area (Å²) in [6.45, 7) is 3.08. The first kappa shape index (κ1) is 19.7. The first-order valence-electron chi connectivity index (χ1n) is 10.3. The van der Waals surface area contributed by atoms with Crippen molar-refractivity contribution < 1.29 is 14.1 Å². The van der Waals surface area contributed by atoms with Crippen LogP contribution in [0.3, 0.4) is 0 Å². The van der Waals surface area contributed by atoms with Crippen LogP contribution >= 0.6 is 0 Å². The molecule has 1 aliphatic rings. The van der Waals surface area contributed by atoms with Crippen molar-refractivity contribution in [1.82, 2.24) is 20.0 Å². The molecule has 8 heteroatoms. The van der Waals surface area contributed by atoms with Crippen LogP contribution in [0.5, 0.6) is 5.75 Å². The zero-order valence-corrected chi connectivity index (χ0v) is 17.4. The minimum Gasteiger partial charge on any atom is -0.487 e. The van der Waals surface area contributed by atoms with Crippen molar-refractivity contribution in [1.29, 1.82) is 0 Å². The van der Waals surface area contributed by atoms with Crippen LogP contribution in [0.2, 0.25) is 0 Å². The second kappa shape index (κ2) is 8.50. The number of aromatic nitrogens is 3. The lowest BCUT2D eigenvalue weighted by atomic mass is 10.1. The Morgan fingerprint density at radius 3 is 2.59 bits per heavy atom. The highest BCUT2D eigenvalue weighted by Gasteiger charge is 2.32. The molecule has 2 amide bonds. The Labute approximate surface area is 184 Å². The number of aryl methyl sites for hydroxylation is 1. The number of hydrogen-bond donors (Lipinski definition) is 1. The quantitative estimate of drug-likeness (QED) is 0.507. The van der Waals surface area contributed by atoms with E-state index in [1.807, 2.05) is 67.6 Å². The average Bonchev–Trinajstić information content (AvgIpc) is 3.27. The number of nitrogens with zero attached hydrogens (tertiary/aromatic N) is 4. The zero-order valence-electron chi connectivity index (χ0n) is 17.4. The van der Waals surface area contributed by atoms with E-state index in [0.29, 0.717) is 24.8 Å². The van der Waals surface area contributed by atoms with Crippen LogP contribution < -0.4 is 10.1 Å². The molecule has 4 aromatic rings. The molecule has 8 nitrogen and oxygen atoms in total. The number of amides is 2. The van der Waals surface area contributed by atoms with Crippen molar-refractivity contribution in [3.8, 4) is 28.6 Å². The van der Waals surface area contributed by atoms with Gasteiger partial charge in [-0.25, -0.2) is 4.79 Å². The van der Waals surface area contributed by atoms with E-state index in [0.717, 1.165) is 28.1 Å². The first-order valence-corrected chi connectivity index (χ1v) is 10.3. The standard InChI is InChI=1S/C24H21N5O3/c1-16-3-2-4-19(13-16)26-24(30)29-14-21(15-29)31-20-7-5-17(6-8-20)22-27-23(32-28-22)18-9-11-25-12-10-18/h2-13,21H,14-15H2,1H3,(H,26,30). The molecule has 1 fully saturated rings. The molecular formula is C24H21N5O3. The Morgan fingerprint density at radius 2 is 1.84 bits per heavy atom. The average molecular weight is 427 g/mol. The van der Waals surface area contributed by atoms with Gasteiger partial charge >= 0.3 is 6.03 Å². The smallest absolute Gasteiger partial charge is 0.322 e. The van der Waals surface area contributed by atoms with E-state index in [9.17, 15) is 4.79 Å². The van der Waals surface area contributed by atoms with E-state index in [1.54, 1.807) is 17.3 Å². The molecule has 160 valence electrons. The lowest BCUT2D eigenvalue weighted by Gasteiger charge is -2.38. The van der Waals surface area contributed by atoms with Gasteiger partial charge in [-0.1, -0.05) is 17.3 Å². The molecule has 0 unspecified atom stereocenters. The maximum Gasteiger partial charge on any atom is 0.322 e. The van der Waals surface area contributed by atoms with Gasteiger partial charge in [0.25, 0.3) is 5.89 Å². The third-order valence-electron chi connectivity index (χ3n) is 5.17. The number of anilines is 1. The molecule has 5 rings (SSSR count). The summed E-state index contributed by atoms with van der Waals surface area (Å²) < 4.78 is 11.3. The summed E-state index contributed by atoms with van der Waals surface area (Å²) in [5, 5.41) is 6.97. The normalized spacial score (nSPS) is 13.5. The molecule has 0 saturated carbocycles. The van der Waals surface area contributed by atoms with Crippen LogP contribution in [0.1, 0.15) is 5.56 Å². The summed E-state index contributed by atoms with van der Waals surface area (Å²) in [7, 11) is 0. The van der Waals surface area contributed by atoms with Crippen molar-refractivity contribution in [2.45, 2.75) is 13.0 Å². The number of hydrogen-bond acceptors (Lipinski definition) is 6. The second-order valence-electron chi connectivity index (χ2n) is 7.63. The van der Waals surface area contributed by atoms with Gasteiger partial charge in [0, 0.05) is 29.2 Å². The third kappa shape index (κ3) is 4.29. The molecule has 0 atom stereocenters. The lowest BCUT2D eigenvalue weighted by Crippen LogP contribution is -2.57. The monoisotopic (exact) mass is 427 g/mol. The highest BCUT2D eigenvalue weighted by Crippen LogP contribution is 2.25. The Hall–Kier alpha value is -4.20. The van der Waals surface area contributed by atoms with Gasteiger partial charge in [-0.2, -0.15) is 4.98 Å². The van der Waals surface area contributed by atoms with Gasteiger partial charge in [-0.3, -0.25) is 4.98 Å². The number of carbonyl (C=O) groups is 1. The van der Waals surface area contributed by atoms with Crippen molar-refractivity contribution in [3.63, 3.8) is 0 Å². The largest absolute Gasteiger partial charge is 0.487 e. The molecule has 2 aromatic heterocycles. The minimum absolute atomic E-state index is 0.0347. The summed E-state index contributed by atoms with van der Waals surface area (Å²) in [6, 6.07) is 18.8. The molecule has 32 heavy (non-hydrogen) atoms. The Bertz CT molecular complexity index is 1220. The van der Waals surface area contributed by atoms with Gasteiger partial charge in [0.15, 0.2) is 0 Å². The predicted octanol–water partition coefficient (Wildman–Crippen LogP) is 4.40. The van der Waals surface area contributed by atoms with E-state index < -0.39 is 0 Å². The number of nitrogens with one attached hydrogen (secondary N) is 1. The summed E-state index contributed by atoms with van der Waals surface area (Å²) in [5.41, 5.74) is 3.54. The van der Waals surface area contributed by atoms with E-state index in [-0.39, 0.29) is 12.1 Å². The van der Waals surface area contributed by atoms with Crippen LogP contribution in [0.15, 0.2) is 77.6 Å². The second-order valence-corrected chi connectivity index (χ2v) is 7.63. The molecule has 1 N–H and O–H groups in total. The number of carbonyl (C=O) groups excluding carboxylic acids is 1. The molecule has 0 radical (unpaired) electrons. The van der Waals surface area contributed by atoms with E-state index in [1.165, 1.54) is 0 Å². The highest BCUT2D eigenvalue weighted by atomic mass is 16.5. The van der Waals surface area contributed by atoms with Crippen LogP contribution in [0.25, 0.3) is 22.8 Å². The fourth-order valence-electron chi connectivity index (χ4n) is 3.43. The topological polar surface area (TPSA) is 93.4 Å². The van der Waals surface area contributed by atoms with E-state index in [2.05, 4.69) is 20.4 Å². The maximum atomic E-state index is 12.3. The number of urea groups is 1. The third-order valence-corrected chi connectivity index (χ3v) is 5.17. The summed E-state index contributed by atoms with van der Waals surface area (Å²) >= 11 is 0. The van der Waals surface area contributed by atoms with E-state index in [4.69, 9.17) is 9.26 Å². The SMILES string of the molecule is Cc1cccc(NC(=O)N2CC(Oc3ccc(-c4noc(-c5ccncc5)n4)cc3)C2)c1. The van der Waals surface area contributed by atoms with Gasteiger partial charge in [0.1, 0.15) is 11.9 Å². The molecular weight excluding hydrogens is 406 g/mol. The number of pyridine rings is 1. The number of benzene rings is 2. The number of rotatable bonds is 5. The maximum absolute atomic E-state index is 12.3. The van der Waals surface area contributed by atoms with Crippen LogP contribution in [-0.4, -0.2) is 45.2 Å². The number of likely N-dealkylation sites (tertiary alicyclic amines) is 1. The van der Waals surface area contributed by atoms with Crippen LogP contribution in [0.4, 0.5) is 10.5 Å². The molecule has 3 heterocycles.